The van der Waals surface area contributed by atoms with E-state index in [0.29, 0.717) is 13.0 Å². The monoisotopic (exact) mass is 987 g/mol. The van der Waals surface area contributed by atoms with Crippen LogP contribution in [0.4, 0.5) is 0 Å². The molecule has 1 aliphatic heterocycles. The zero-order valence-corrected chi connectivity index (χ0v) is 45.3. The van der Waals surface area contributed by atoms with Gasteiger partial charge in [0.1, 0.15) is 30.5 Å². The molecule has 70 heavy (non-hydrogen) atoms. The molecule has 6 unspecified atom stereocenters. The van der Waals surface area contributed by atoms with Gasteiger partial charge in [-0.3, -0.25) is 4.79 Å². The van der Waals surface area contributed by atoms with E-state index < -0.39 is 43.4 Å². The van der Waals surface area contributed by atoms with Gasteiger partial charge in [-0.25, -0.2) is 0 Å². The highest BCUT2D eigenvalue weighted by Gasteiger charge is 2.44. The van der Waals surface area contributed by atoms with Crippen molar-refractivity contribution >= 4 is 5.97 Å². The summed E-state index contributed by atoms with van der Waals surface area (Å²) in [7, 11) is 0. The lowest BCUT2D eigenvalue weighted by Gasteiger charge is -2.39. The summed E-state index contributed by atoms with van der Waals surface area (Å²) < 4.78 is 23.0. The summed E-state index contributed by atoms with van der Waals surface area (Å²) in [6.45, 7) is 4.55. The summed E-state index contributed by atoms with van der Waals surface area (Å²) in [6.07, 6.45) is 61.2. The van der Waals surface area contributed by atoms with Gasteiger partial charge in [0.15, 0.2) is 6.29 Å². The molecule has 0 aliphatic carbocycles. The molecule has 4 N–H and O–H groups in total. The van der Waals surface area contributed by atoms with Crippen LogP contribution in [0.5, 0.6) is 0 Å². The van der Waals surface area contributed by atoms with E-state index in [2.05, 4.69) is 74.6 Å². The molecule has 1 saturated heterocycles. The third kappa shape index (κ3) is 41.4. The van der Waals surface area contributed by atoms with Crippen LogP contribution >= 0.6 is 0 Å². The molecule has 0 bridgehead atoms. The Morgan fingerprint density at radius 3 is 1.24 bits per heavy atom. The molecule has 0 spiro atoms. The molecule has 1 aliphatic rings. The molecule has 0 saturated carbocycles. The minimum atomic E-state index is -1.54. The fourth-order valence-electron chi connectivity index (χ4n) is 8.83. The summed E-state index contributed by atoms with van der Waals surface area (Å²) in [5, 5.41) is 40.4. The quantitative estimate of drug-likeness (QED) is 0.0267. The third-order valence-electron chi connectivity index (χ3n) is 13.4. The Bertz CT molecular complexity index is 1260. The first-order valence-electron chi connectivity index (χ1n) is 29.4. The number of rotatable bonds is 51. The molecule has 408 valence electrons. The van der Waals surface area contributed by atoms with Crippen molar-refractivity contribution in [3.05, 3.63) is 60.8 Å². The number of esters is 1. The van der Waals surface area contributed by atoms with Crippen LogP contribution in [-0.4, -0.2) is 89.6 Å². The van der Waals surface area contributed by atoms with Gasteiger partial charge in [-0.2, -0.15) is 0 Å². The first-order valence-corrected chi connectivity index (χ1v) is 29.4. The predicted molar refractivity (Wildman–Crippen MR) is 293 cm³/mol. The van der Waals surface area contributed by atoms with E-state index in [-0.39, 0.29) is 19.2 Å². The Hall–Kier alpha value is -2.11. The Balaban J connectivity index is 2.16. The van der Waals surface area contributed by atoms with Crippen LogP contribution < -0.4 is 0 Å². The van der Waals surface area contributed by atoms with Crippen molar-refractivity contribution in [3.63, 3.8) is 0 Å². The lowest BCUT2D eigenvalue weighted by molar-refractivity contribution is -0.305. The molecule has 0 aromatic rings. The van der Waals surface area contributed by atoms with E-state index >= 15 is 0 Å². The van der Waals surface area contributed by atoms with Gasteiger partial charge in [-0.1, -0.05) is 229 Å². The van der Waals surface area contributed by atoms with Gasteiger partial charge >= 0.3 is 5.97 Å². The van der Waals surface area contributed by atoms with Crippen LogP contribution in [0.25, 0.3) is 0 Å². The van der Waals surface area contributed by atoms with E-state index in [1.807, 2.05) is 0 Å². The maximum absolute atomic E-state index is 12.9. The summed E-state index contributed by atoms with van der Waals surface area (Å²) in [6, 6.07) is 0. The summed E-state index contributed by atoms with van der Waals surface area (Å²) in [5.41, 5.74) is 0. The number of carbonyl (C=O) groups is 1. The van der Waals surface area contributed by atoms with E-state index in [0.717, 1.165) is 51.4 Å². The smallest absolute Gasteiger partial charge is 0.306 e. The lowest BCUT2D eigenvalue weighted by atomic mass is 9.99. The van der Waals surface area contributed by atoms with Crippen LogP contribution in [0.15, 0.2) is 60.8 Å². The largest absolute Gasteiger partial charge is 0.457 e. The Morgan fingerprint density at radius 2 is 0.829 bits per heavy atom. The number of hydrogen-bond acceptors (Lipinski definition) is 9. The van der Waals surface area contributed by atoms with Crippen LogP contribution in [-0.2, 0) is 23.7 Å². The fourth-order valence-corrected chi connectivity index (χ4v) is 8.83. The van der Waals surface area contributed by atoms with Gasteiger partial charge in [0, 0.05) is 13.0 Å². The predicted octanol–water partition coefficient (Wildman–Crippen LogP) is 15.4. The van der Waals surface area contributed by atoms with E-state index in [1.165, 1.54) is 186 Å². The minimum absolute atomic E-state index is 0.117. The van der Waals surface area contributed by atoms with Crippen LogP contribution in [0, 0.1) is 0 Å². The normalized spacial score (nSPS) is 19.3. The molecule has 1 rings (SSSR count). The van der Waals surface area contributed by atoms with E-state index in [4.69, 9.17) is 18.9 Å². The zero-order chi connectivity index (χ0) is 50.6. The molecule has 1 fully saturated rings. The van der Waals surface area contributed by atoms with Gasteiger partial charge in [0.2, 0.25) is 0 Å². The average Bonchev–Trinajstić information content (AvgIpc) is 3.36. The Morgan fingerprint density at radius 1 is 0.457 bits per heavy atom. The second-order valence-corrected chi connectivity index (χ2v) is 20.1. The van der Waals surface area contributed by atoms with Crippen molar-refractivity contribution in [2.24, 2.45) is 0 Å². The SMILES string of the molecule is CCCCCCC/C=C\C/C=C\C/C=C\CCCCCCCCCCCOCC(COC1OC(CO)C(O)C(O)C1O)OC(=O)CCCCCCCCCCCCC/C=C\C/C=C\CCCCCCC. The van der Waals surface area contributed by atoms with Crippen molar-refractivity contribution in [2.45, 2.75) is 295 Å². The Kier molecular flexibility index (Phi) is 48.7. The molecule has 0 aromatic heterocycles. The highest BCUT2D eigenvalue weighted by Crippen LogP contribution is 2.23. The molecule has 9 heteroatoms. The summed E-state index contributed by atoms with van der Waals surface area (Å²) in [5.74, 6) is -0.316. The number of unbranched alkanes of at least 4 members (excludes halogenated alkanes) is 30. The molecule has 9 nitrogen and oxygen atoms in total. The van der Waals surface area contributed by atoms with Crippen LogP contribution in [0.1, 0.15) is 258 Å². The number of aliphatic hydroxyl groups is 4. The van der Waals surface area contributed by atoms with Gasteiger partial charge in [-0.05, 0) is 83.5 Å². The van der Waals surface area contributed by atoms with Gasteiger partial charge in [0.05, 0.1) is 19.8 Å². The van der Waals surface area contributed by atoms with Crippen molar-refractivity contribution < 1.29 is 44.2 Å². The van der Waals surface area contributed by atoms with Gasteiger partial charge in [0.25, 0.3) is 0 Å². The number of carbonyl (C=O) groups excluding carboxylic acids is 1. The van der Waals surface area contributed by atoms with Gasteiger partial charge < -0.3 is 39.4 Å². The molecular formula is C61H110O9. The molecular weight excluding hydrogens is 877 g/mol. The Labute approximate surface area is 430 Å². The number of hydrogen-bond donors (Lipinski definition) is 4. The number of allylic oxidation sites excluding steroid dienone is 10. The van der Waals surface area contributed by atoms with Crippen molar-refractivity contribution in [1.29, 1.82) is 0 Å². The first kappa shape index (κ1) is 65.9. The first-order chi connectivity index (χ1) is 34.4. The van der Waals surface area contributed by atoms with Crippen LogP contribution in [0.3, 0.4) is 0 Å². The topological polar surface area (TPSA) is 135 Å². The zero-order valence-electron chi connectivity index (χ0n) is 45.3. The maximum atomic E-state index is 12.9. The van der Waals surface area contributed by atoms with Crippen molar-refractivity contribution in [3.8, 4) is 0 Å². The maximum Gasteiger partial charge on any atom is 0.306 e. The molecule has 1 heterocycles. The molecule has 0 aromatic carbocycles. The highest BCUT2D eigenvalue weighted by atomic mass is 16.7. The van der Waals surface area contributed by atoms with Crippen molar-refractivity contribution in [1.82, 2.24) is 0 Å². The number of aliphatic hydroxyl groups excluding tert-OH is 4. The molecule has 0 radical (unpaired) electrons. The second-order valence-electron chi connectivity index (χ2n) is 20.1. The molecule has 0 amide bonds. The third-order valence-corrected chi connectivity index (χ3v) is 13.4. The van der Waals surface area contributed by atoms with E-state index in [9.17, 15) is 25.2 Å². The minimum Gasteiger partial charge on any atom is -0.457 e. The summed E-state index contributed by atoms with van der Waals surface area (Å²) >= 11 is 0. The fraction of sp³-hybridized carbons (Fsp3) is 0.820. The van der Waals surface area contributed by atoms with Crippen LogP contribution in [0.2, 0.25) is 0 Å². The lowest BCUT2D eigenvalue weighted by Crippen LogP contribution is -2.59. The number of ether oxygens (including phenoxy) is 4. The summed E-state index contributed by atoms with van der Waals surface area (Å²) in [4.78, 5) is 12.9. The molecule has 6 atom stereocenters. The second kappa shape index (κ2) is 51.8. The average molecular weight is 988 g/mol. The van der Waals surface area contributed by atoms with E-state index in [1.54, 1.807) is 0 Å². The highest BCUT2D eigenvalue weighted by molar-refractivity contribution is 5.69. The van der Waals surface area contributed by atoms with Gasteiger partial charge in [-0.15, -0.1) is 0 Å². The standard InChI is InChI=1S/C61H110O9/c1-3-5-7-9-11-13-15-17-19-21-23-25-27-29-31-33-35-37-39-41-43-45-47-49-51-67-53-55(54-68-61-60(66)59(65)58(64)56(52-62)70-61)69-57(63)50-48-46-44-42-40-38-36-34-32-30-28-26-24-22-20-18-16-14-12-10-8-6-4-2/h15-18,21-24,27,29,55-56,58-62,64-66H,3-14,19-20,25-26,28,30-54H2,1-2H3/b17-15-,18-16-,23-21-,24-22-,29-27-. The van der Waals surface area contributed by atoms with Crippen molar-refractivity contribution in [2.75, 3.05) is 26.4 Å².